The van der Waals surface area contributed by atoms with E-state index in [2.05, 4.69) is 21.7 Å². The fraction of sp³-hybridized carbons (Fsp3) is 0.609. The van der Waals surface area contributed by atoms with Crippen molar-refractivity contribution in [1.29, 1.82) is 0 Å². The minimum absolute atomic E-state index is 0.211. The maximum atomic E-state index is 11.6. The lowest BCUT2D eigenvalue weighted by atomic mass is 9.72. The normalized spacial score (nSPS) is 30.3. The van der Waals surface area contributed by atoms with Gasteiger partial charge in [0.15, 0.2) is 0 Å². The molecule has 150 valence electrons. The van der Waals surface area contributed by atoms with Crippen molar-refractivity contribution in [3.05, 3.63) is 30.0 Å². The molecule has 1 aromatic heterocycles. The van der Waals surface area contributed by atoms with Crippen molar-refractivity contribution in [3.8, 4) is 5.75 Å². The molecule has 1 N–H and O–H groups in total. The van der Waals surface area contributed by atoms with Crippen molar-refractivity contribution in [2.24, 2.45) is 11.8 Å². The molecule has 1 aromatic carbocycles. The summed E-state index contributed by atoms with van der Waals surface area (Å²) >= 11 is 0. The smallest absolute Gasteiger partial charge is 0.142 e. The van der Waals surface area contributed by atoms with Gasteiger partial charge in [-0.25, -0.2) is 0 Å². The van der Waals surface area contributed by atoms with Crippen LogP contribution in [-0.2, 0) is 0 Å². The zero-order chi connectivity index (χ0) is 19.3. The Morgan fingerprint density at radius 1 is 1.25 bits per heavy atom. The van der Waals surface area contributed by atoms with Crippen LogP contribution in [0.2, 0.25) is 0 Å². The van der Waals surface area contributed by atoms with Crippen LogP contribution in [0.1, 0.15) is 44.3 Å². The van der Waals surface area contributed by atoms with Crippen LogP contribution in [0.5, 0.6) is 5.75 Å². The van der Waals surface area contributed by atoms with E-state index in [0.717, 1.165) is 72.3 Å². The Labute approximate surface area is 167 Å². The molecule has 0 radical (unpaired) electrons. The second-order valence-corrected chi connectivity index (χ2v) is 8.71. The number of aliphatic hydroxyl groups is 1. The molecular weight excluding hydrogens is 350 g/mol. The molecule has 5 heteroatoms. The molecule has 2 bridgehead atoms. The maximum absolute atomic E-state index is 11.6. The zero-order valence-electron chi connectivity index (χ0n) is 17.0. The number of rotatable bonds is 5. The molecule has 0 saturated carbocycles. The first kappa shape index (κ1) is 18.2. The number of aliphatic hydroxyl groups excluding tert-OH is 1. The van der Waals surface area contributed by atoms with Gasteiger partial charge in [-0.15, -0.1) is 0 Å². The number of nitrogens with zero attached hydrogens (tertiary/aromatic N) is 3. The van der Waals surface area contributed by atoms with E-state index >= 15 is 0 Å². The summed E-state index contributed by atoms with van der Waals surface area (Å²) < 4.78 is 5.71. The summed E-state index contributed by atoms with van der Waals surface area (Å²) in [7, 11) is 1.73. The Balaban J connectivity index is 1.57. The number of fused-ring (bicyclic) bond motifs is 4. The van der Waals surface area contributed by atoms with Gasteiger partial charge >= 0.3 is 0 Å². The minimum atomic E-state index is -0.488. The van der Waals surface area contributed by atoms with E-state index in [0.29, 0.717) is 0 Å². The van der Waals surface area contributed by atoms with Gasteiger partial charge in [0.05, 0.1) is 24.4 Å². The largest absolute Gasteiger partial charge is 0.495 e. The number of anilines is 1. The number of hydrogen-bond donors (Lipinski definition) is 1. The third kappa shape index (κ3) is 2.79. The fourth-order valence-corrected chi connectivity index (χ4v) is 5.68. The van der Waals surface area contributed by atoms with Gasteiger partial charge in [-0.05, 0) is 61.4 Å². The van der Waals surface area contributed by atoms with Crippen LogP contribution in [0.15, 0.2) is 24.4 Å². The number of methoxy groups -OCH3 is 1. The van der Waals surface area contributed by atoms with Gasteiger partial charge in [-0.2, -0.15) is 0 Å². The molecule has 28 heavy (non-hydrogen) atoms. The van der Waals surface area contributed by atoms with Crippen LogP contribution in [0.3, 0.4) is 0 Å². The summed E-state index contributed by atoms with van der Waals surface area (Å²) in [4.78, 5) is 9.51. The van der Waals surface area contributed by atoms with Gasteiger partial charge < -0.3 is 14.7 Å². The molecule has 4 fully saturated rings. The van der Waals surface area contributed by atoms with E-state index in [1.165, 1.54) is 19.3 Å². The highest BCUT2D eigenvalue weighted by Gasteiger charge is 2.43. The highest BCUT2D eigenvalue weighted by atomic mass is 16.5. The Hall–Kier alpha value is -1.85. The van der Waals surface area contributed by atoms with E-state index in [9.17, 15) is 5.11 Å². The van der Waals surface area contributed by atoms with E-state index in [-0.39, 0.29) is 6.04 Å². The molecule has 2 aromatic rings. The van der Waals surface area contributed by atoms with E-state index < -0.39 is 6.10 Å². The van der Waals surface area contributed by atoms with Gasteiger partial charge in [0, 0.05) is 37.3 Å². The minimum Gasteiger partial charge on any atom is -0.495 e. The highest BCUT2D eigenvalue weighted by Crippen LogP contribution is 2.45. The van der Waals surface area contributed by atoms with Gasteiger partial charge in [0.1, 0.15) is 5.75 Å². The lowest BCUT2D eigenvalue weighted by Gasteiger charge is -2.51. The summed E-state index contributed by atoms with van der Waals surface area (Å²) in [6.45, 7) is 6.63. The summed E-state index contributed by atoms with van der Waals surface area (Å²) in [5.74, 6) is 2.43. The monoisotopic (exact) mass is 381 g/mol. The van der Waals surface area contributed by atoms with Crippen molar-refractivity contribution in [2.75, 3.05) is 38.2 Å². The number of piperidine rings is 3. The Morgan fingerprint density at radius 2 is 2.11 bits per heavy atom. The maximum Gasteiger partial charge on any atom is 0.142 e. The van der Waals surface area contributed by atoms with Crippen LogP contribution in [0, 0.1) is 11.8 Å². The van der Waals surface area contributed by atoms with Crippen molar-refractivity contribution < 1.29 is 9.84 Å². The molecule has 4 aliphatic heterocycles. The predicted octanol–water partition coefficient (Wildman–Crippen LogP) is 3.61. The molecular formula is C23H31N3O2. The molecule has 5 nitrogen and oxygen atoms in total. The molecule has 0 aliphatic carbocycles. The number of aromatic nitrogens is 1. The summed E-state index contributed by atoms with van der Waals surface area (Å²) in [5.41, 5.74) is 3.06. The SMILES string of the molecule is CCC1CN2CCC1CC2[C@@H](O)c1ccnc2ccc(OC)c(N3CCC3)c12. The van der Waals surface area contributed by atoms with Crippen LogP contribution >= 0.6 is 0 Å². The lowest BCUT2D eigenvalue weighted by Crippen LogP contribution is -2.55. The molecule has 5 atom stereocenters. The van der Waals surface area contributed by atoms with Crippen molar-refractivity contribution in [1.82, 2.24) is 9.88 Å². The fourth-order valence-electron chi connectivity index (χ4n) is 5.68. The summed E-state index contributed by atoms with van der Waals surface area (Å²) in [5, 5.41) is 12.6. The molecule has 5 heterocycles. The number of benzene rings is 1. The Bertz CT molecular complexity index is 866. The van der Waals surface area contributed by atoms with E-state index in [1.807, 2.05) is 24.4 Å². The number of hydrogen-bond acceptors (Lipinski definition) is 5. The molecule has 4 saturated heterocycles. The first-order chi connectivity index (χ1) is 13.7. The summed E-state index contributed by atoms with van der Waals surface area (Å²) in [6.07, 6.45) is 6.20. The van der Waals surface area contributed by atoms with Gasteiger partial charge in [-0.3, -0.25) is 9.88 Å². The molecule has 4 aliphatic rings. The van der Waals surface area contributed by atoms with Crippen molar-refractivity contribution >= 4 is 16.6 Å². The standard InChI is InChI=1S/C23H31N3O2/c1-3-15-14-26-12-8-16(15)13-19(26)23(27)17-7-9-24-18-5-6-20(28-2)22(21(17)18)25-10-4-11-25/h5-7,9,15-16,19,23,27H,3-4,8,10-14H2,1-2H3/t15?,16?,19?,23-/m0/s1. The lowest BCUT2D eigenvalue weighted by molar-refractivity contribution is -0.0562. The van der Waals surface area contributed by atoms with Crippen LogP contribution in [0.25, 0.3) is 10.9 Å². The Morgan fingerprint density at radius 3 is 2.75 bits per heavy atom. The Kier molecular flexibility index (Phi) is 4.68. The van der Waals surface area contributed by atoms with Gasteiger partial charge in [0.25, 0.3) is 0 Å². The zero-order valence-corrected chi connectivity index (χ0v) is 17.0. The second kappa shape index (κ2) is 7.20. The first-order valence-electron chi connectivity index (χ1n) is 10.8. The van der Waals surface area contributed by atoms with Gasteiger partial charge in [0.2, 0.25) is 0 Å². The molecule has 0 amide bonds. The molecule has 6 rings (SSSR count). The average molecular weight is 382 g/mol. The third-order valence-electron chi connectivity index (χ3n) is 7.41. The topological polar surface area (TPSA) is 48.8 Å². The van der Waals surface area contributed by atoms with Crippen molar-refractivity contribution in [2.45, 2.75) is 44.8 Å². The van der Waals surface area contributed by atoms with Crippen molar-refractivity contribution in [3.63, 3.8) is 0 Å². The summed E-state index contributed by atoms with van der Waals surface area (Å²) in [6, 6.07) is 6.27. The highest BCUT2D eigenvalue weighted by molar-refractivity contribution is 5.98. The molecule has 4 unspecified atom stereocenters. The van der Waals surface area contributed by atoms with Crippen LogP contribution < -0.4 is 9.64 Å². The number of pyridine rings is 1. The number of ether oxygens (including phenoxy) is 1. The van der Waals surface area contributed by atoms with Crippen LogP contribution in [-0.4, -0.2) is 54.3 Å². The molecule has 0 spiro atoms. The average Bonchev–Trinajstić information content (AvgIpc) is 2.71. The first-order valence-corrected chi connectivity index (χ1v) is 10.8. The van der Waals surface area contributed by atoms with Crippen LogP contribution in [0.4, 0.5) is 5.69 Å². The second-order valence-electron chi connectivity index (χ2n) is 8.71. The van der Waals surface area contributed by atoms with E-state index in [4.69, 9.17) is 4.74 Å². The third-order valence-corrected chi connectivity index (χ3v) is 7.41. The van der Waals surface area contributed by atoms with Gasteiger partial charge in [-0.1, -0.05) is 13.3 Å². The van der Waals surface area contributed by atoms with E-state index in [1.54, 1.807) is 7.11 Å². The predicted molar refractivity (Wildman–Crippen MR) is 112 cm³/mol. The quantitative estimate of drug-likeness (QED) is 0.857.